The summed E-state index contributed by atoms with van der Waals surface area (Å²) < 4.78 is 0.901. The summed E-state index contributed by atoms with van der Waals surface area (Å²) in [6, 6.07) is 13.9. The largest absolute Gasteiger partial charge is 0.273 e. The lowest BCUT2D eigenvalue weighted by Crippen LogP contribution is -2.49. The van der Waals surface area contributed by atoms with Crippen molar-refractivity contribution in [2.75, 3.05) is 0 Å². The molecule has 1 aliphatic carbocycles. The molecular formula is C22H18Br3ClN2O3. The van der Waals surface area contributed by atoms with E-state index >= 15 is 0 Å². The van der Waals surface area contributed by atoms with Gasteiger partial charge in [0.15, 0.2) is 0 Å². The van der Waals surface area contributed by atoms with Crippen molar-refractivity contribution < 1.29 is 14.4 Å². The molecule has 2 aliphatic rings. The molecular weight excluding hydrogens is 615 g/mol. The van der Waals surface area contributed by atoms with E-state index in [1.165, 1.54) is 5.01 Å². The predicted octanol–water partition coefficient (Wildman–Crippen LogP) is 5.58. The number of carbonyl (C=O) groups excluding carboxylic acids is 3. The number of benzene rings is 2. The fourth-order valence-electron chi connectivity index (χ4n) is 4.05. The number of halogens is 4. The van der Waals surface area contributed by atoms with Crippen molar-refractivity contribution in [3.05, 3.63) is 69.2 Å². The number of imide groups is 1. The van der Waals surface area contributed by atoms with Gasteiger partial charge in [-0.1, -0.05) is 71.5 Å². The molecule has 9 heteroatoms. The first kappa shape index (κ1) is 23.0. The highest BCUT2D eigenvalue weighted by molar-refractivity contribution is 9.12. The van der Waals surface area contributed by atoms with E-state index in [0.29, 0.717) is 23.4 Å². The van der Waals surface area contributed by atoms with Crippen LogP contribution in [0, 0.1) is 11.8 Å². The Balaban J connectivity index is 1.70. The minimum atomic E-state index is -0.434. The SMILES string of the molecule is O=C(c1ccc(Cl)cc1)N(Cc1ccc(Br)cc1)N1C(=O)[C@H]2C[C@@H](Br)[C@@H](Br)C[C@H]2C1=O. The van der Waals surface area contributed by atoms with E-state index in [1.54, 1.807) is 24.3 Å². The summed E-state index contributed by atoms with van der Waals surface area (Å²) >= 11 is 16.6. The van der Waals surface area contributed by atoms with Crippen LogP contribution in [0.15, 0.2) is 53.0 Å². The normalized spacial score (nSPS) is 25.5. The molecule has 0 spiro atoms. The van der Waals surface area contributed by atoms with Crippen LogP contribution in [0.1, 0.15) is 28.8 Å². The fraction of sp³-hybridized carbons (Fsp3) is 0.318. The van der Waals surface area contributed by atoms with Gasteiger partial charge in [-0.05, 0) is 54.8 Å². The second-order valence-electron chi connectivity index (χ2n) is 7.70. The van der Waals surface area contributed by atoms with Crippen molar-refractivity contribution in [3.63, 3.8) is 0 Å². The molecule has 1 saturated heterocycles. The molecule has 1 saturated carbocycles. The van der Waals surface area contributed by atoms with Crippen LogP contribution in [0.4, 0.5) is 0 Å². The van der Waals surface area contributed by atoms with E-state index in [2.05, 4.69) is 47.8 Å². The van der Waals surface area contributed by atoms with Gasteiger partial charge in [0.05, 0.1) is 18.4 Å². The summed E-state index contributed by atoms with van der Waals surface area (Å²) in [5.41, 5.74) is 1.16. The average Bonchev–Trinajstić information content (AvgIpc) is 2.98. The van der Waals surface area contributed by atoms with Crippen molar-refractivity contribution in [1.82, 2.24) is 10.0 Å². The molecule has 4 atom stereocenters. The zero-order chi connectivity index (χ0) is 22.3. The number of alkyl halides is 2. The van der Waals surface area contributed by atoms with Crippen molar-refractivity contribution in [2.45, 2.75) is 29.0 Å². The first-order valence-corrected chi connectivity index (χ1v) is 12.7. The average molecular weight is 634 g/mol. The minimum absolute atomic E-state index is 0.0948. The smallest absolute Gasteiger partial charge is 0.272 e. The Kier molecular flexibility index (Phi) is 6.91. The van der Waals surface area contributed by atoms with Gasteiger partial charge in [0.1, 0.15) is 0 Å². The number of fused-ring (bicyclic) bond motifs is 1. The number of hydrogen-bond donors (Lipinski definition) is 0. The van der Waals surface area contributed by atoms with Crippen LogP contribution in [0.2, 0.25) is 5.02 Å². The van der Waals surface area contributed by atoms with E-state index in [0.717, 1.165) is 15.0 Å². The third-order valence-corrected chi connectivity index (χ3v) is 9.21. The predicted molar refractivity (Wildman–Crippen MR) is 129 cm³/mol. The molecule has 1 aliphatic heterocycles. The van der Waals surface area contributed by atoms with Crippen molar-refractivity contribution in [1.29, 1.82) is 0 Å². The highest BCUT2D eigenvalue weighted by Crippen LogP contribution is 2.44. The van der Waals surface area contributed by atoms with E-state index in [-0.39, 0.29) is 28.0 Å². The molecule has 4 rings (SSSR count). The van der Waals surface area contributed by atoms with Gasteiger partial charge in [-0.2, -0.15) is 5.01 Å². The minimum Gasteiger partial charge on any atom is -0.272 e. The van der Waals surface area contributed by atoms with Gasteiger partial charge in [-0.15, -0.1) is 0 Å². The summed E-state index contributed by atoms with van der Waals surface area (Å²) in [4.78, 5) is 40.3. The maximum absolute atomic E-state index is 13.4. The summed E-state index contributed by atoms with van der Waals surface area (Å²) in [5, 5.41) is 2.84. The number of hydrogen-bond acceptors (Lipinski definition) is 3. The van der Waals surface area contributed by atoms with Crippen LogP contribution >= 0.6 is 59.4 Å². The molecule has 3 amide bonds. The molecule has 0 N–H and O–H groups in total. The van der Waals surface area contributed by atoms with Gasteiger partial charge in [-0.25, -0.2) is 5.01 Å². The van der Waals surface area contributed by atoms with Crippen LogP contribution in [0.25, 0.3) is 0 Å². The van der Waals surface area contributed by atoms with Crippen LogP contribution in [-0.2, 0) is 16.1 Å². The highest BCUT2D eigenvalue weighted by Gasteiger charge is 2.54. The Morgan fingerprint density at radius 3 is 1.97 bits per heavy atom. The molecule has 2 aromatic rings. The zero-order valence-electron chi connectivity index (χ0n) is 16.2. The molecule has 2 aromatic carbocycles. The Morgan fingerprint density at radius 1 is 0.935 bits per heavy atom. The van der Waals surface area contributed by atoms with Gasteiger partial charge in [0.25, 0.3) is 17.7 Å². The lowest BCUT2D eigenvalue weighted by atomic mass is 9.81. The van der Waals surface area contributed by atoms with Crippen LogP contribution in [0.5, 0.6) is 0 Å². The number of amides is 3. The summed E-state index contributed by atoms with van der Waals surface area (Å²) in [6.45, 7) is 0.0984. The quantitative estimate of drug-likeness (QED) is 0.327. The first-order chi connectivity index (χ1) is 14.8. The third kappa shape index (κ3) is 4.63. The topological polar surface area (TPSA) is 57.7 Å². The number of hydrazine groups is 1. The van der Waals surface area contributed by atoms with Gasteiger partial charge < -0.3 is 0 Å². The lowest BCUT2D eigenvalue weighted by Gasteiger charge is -2.30. The Morgan fingerprint density at radius 2 is 1.45 bits per heavy atom. The molecule has 0 bridgehead atoms. The third-order valence-electron chi connectivity index (χ3n) is 5.70. The molecule has 31 heavy (non-hydrogen) atoms. The maximum Gasteiger partial charge on any atom is 0.273 e. The molecule has 162 valence electrons. The van der Waals surface area contributed by atoms with Crippen LogP contribution in [0.3, 0.4) is 0 Å². The monoisotopic (exact) mass is 630 g/mol. The van der Waals surface area contributed by atoms with Gasteiger partial charge in [0.2, 0.25) is 0 Å². The lowest BCUT2D eigenvalue weighted by molar-refractivity contribution is -0.155. The fourth-order valence-corrected chi connectivity index (χ4v) is 5.68. The Hall–Kier alpha value is -1.22. The second kappa shape index (κ2) is 9.33. The molecule has 0 unspecified atom stereocenters. The Bertz CT molecular complexity index is 988. The van der Waals surface area contributed by atoms with E-state index in [4.69, 9.17) is 11.6 Å². The first-order valence-electron chi connectivity index (χ1n) is 9.74. The van der Waals surface area contributed by atoms with Crippen molar-refractivity contribution >= 4 is 77.1 Å². The number of carbonyl (C=O) groups is 3. The summed E-state index contributed by atoms with van der Waals surface area (Å²) in [7, 11) is 0. The molecule has 1 heterocycles. The Labute approximate surface area is 210 Å². The van der Waals surface area contributed by atoms with Gasteiger partial charge in [0, 0.05) is 24.7 Å². The molecule has 0 aromatic heterocycles. The van der Waals surface area contributed by atoms with Gasteiger partial charge in [-0.3, -0.25) is 14.4 Å². The van der Waals surface area contributed by atoms with Crippen molar-refractivity contribution in [3.8, 4) is 0 Å². The second-order valence-corrected chi connectivity index (χ2v) is 11.4. The van der Waals surface area contributed by atoms with Gasteiger partial charge >= 0.3 is 0 Å². The van der Waals surface area contributed by atoms with Crippen LogP contribution in [-0.4, -0.2) is 37.4 Å². The highest BCUT2D eigenvalue weighted by atomic mass is 79.9. The van der Waals surface area contributed by atoms with Crippen LogP contribution < -0.4 is 0 Å². The molecule has 0 radical (unpaired) electrons. The summed E-state index contributed by atoms with van der Waals surface area (Å²) in [5.74, 6) is -1.94. The van der Waals surface area contributed by atoms with E-state index in [1.807, 2.05) is 24.3 Å². The summed E-state index contributed by atoms with van der Waals surface area (Å²) in [6.07, 6.45) is 1.09. The molecule has 5 nitrogen and oxygen atoms in total. The number of nitrogens with zero attached hydrogens (tertiary/aromatic N) is 2. The zero-order valence-corrected chi connectivity index (χ0v) is 21.7. The van der Waals surface area contributed by atoms with Crippen molar-refractivity contribution in [2.24, 2.45) is 11.8 Å². The standard InChI is InChI=1S/C22H18Br3ClN2O3/c23-14-5-1-12(2-6-14)11-27(20(29)13-3-7-15(26)8-4-13)28-21(30)16-9-18(24)19(25)10-17(16)22(28)31/h1-8,16-19H,9-11H2/t16-,17+,18+,19-. The maximum atomic E-state index is 13.4. The van der Waals surface area contributed by atoms with E-state index < -0.39 is 17.7 Å². The van der Waals surface area contributed by atoms with E-state index in [9.17, 15) is 14.4 Å². The molecule has 2 fully saturated rings. The number of rotatable bonds is 4.